The lowest BCUT2D eigenvalue weighted by Gasteiger charge is -2.20. The number of amides is 2. The number of anilines is 2. The largest absolute Gasteiger partial charge is 0.493 e. The van der Waals surface area contributed by atoms with Crippen molar-refractivity contribution >= 4 is 23.2 Å². The molecule has 130 valence electrons. The summed E-state index contributed by atoms with van der Waals surface area (Å²) in [5, 5.41) is 6.24. The van der Waals surface area contributed by atoms with Gasteiger partial charge in [-0.3, -0.25) is 9.59 Å². The van der Waals surface area contributed by atoms with E-state index in [1.54, 1.807) is 24.3 Å². The molecular weight excluding hydrogens is 318 g/mol. The van der Waals surface area contributed by atoms with Gasteiger partial charge >= 0.3 is 0 Å². The van der Waals surface area contributed by atoms with E-state index in [0.29, 0.717) is 17.0 Å². The van der Waals surface area contributed by atoms with Gasteiger partial charge < -0.3 is 21.1 Å². The monoisotopic (exact) mass is 339 g/mol. The number of hydrogen-bond acceptors (Lipinski definition) is 4. The van der Waals surface area contributed by atoms with Crippen LogP contribution in [0.5, 0.6) is 5.75 Å². The lowest BCUT2D eigenvalue weighted by Crippen LogP contribution is -2.19. The molecule has 1 aliphatic rings. The van der Waals surface area contributed by atoms with Crippen molar-refractivity contribution < 1.29 is 14.3 Å². The van der Waals surface area contributed by atoms with Crippen LogP contribution >= 0.6 is 0 Å². The predicted octanol–water partition coefficient (Wildman–Crippen LogP) is 2.55. The summed E-state index contributed by atoms with van der Waals surface area (Å²) in [7, 11) is 0. The molecule has 6 nitrogen and oxygen atoms in total. The summed E-state index contributed by atoms with van der Waals surface area (Å²) in [5.41, 5.74) is 8.56. The Bertz CT molecular complexity index is 772. The maximum absolute atomic E-state index is 12.6. The van der Waals surface area contributed by atoms with E-state index in [0.717, 1.165) is 30.6 Å². The molecule has 0 aliphatic carbocycles. The number of rotatable bonds is 6. The highest BCUT2D eigenvalue weighted by atomic mass is 16.5. The average Bonchev–Trinajstić information content (AvgIpc) is 2.62. The van der Waals surface area contributed by atoms with Crippen LogP contribution in [-0.2, 0) is 11.2 Å². The number of carbonyl (C=O) groups is 2. The van der Waals surface area contributed by atoms with Crippen molar-refractivity contribution in [3.8, 4) is 5.75 Å². The molecule has 4 N–H and O–H groups in total. The van der Waals surface area contributed by atoms with Crippen LogP contribution in [-0.4, -0.2) is 25.0 Å². The van der Waals surface area contributed by atoms with Gasteiger partial charge in [-0.2, -0.15) is 0 Å². The number of nitrogens with one attached hydrogen (secondary N) is 2. The van der Waals surface area contributed by atoms with Crippen LogP contribution in [0.25, 0.3) is 0 Å². The highest BCUT2D eigenvalue weighted by Crippen LogP contribution is 2.26. The highest BCUT2D eigenvalue weighted by molar-refractivity contribution is 6.06. The smallest absolute Gasteiger partial charge is 0.256 e. The third-order valence-electron chi connectivity index (χ3n) is 4.07. The van der Waals surface area contributed by atoms with Crippen LogP contribution in [0.4, 0.5) is 11.4 Å². The summed E-state index contributed by atoms with van der Waals surface area (Å²) in [4.78, 5) is 23.3. The van der Waals surface area contributed by atoms with Gasteiger partial charge in [0.1, 0.15) is 5.75 Å². The van der Waals surface area contributed by atoms with E-state index in [-0.39, 0.29) is 18.9 Å². The first-order valence-corrected chi connectivity index (χ1v) is 8.32. The van der Waals surface area contributed by atoms with Crippen molar-refractivity contribution in [2.75, 3.05) is 23.8 Å². The topological polar surface area (TPSA) is 93.5 Å². The fourth-order valence-electron chi connectivity index (χ4n) is 2.83. The molecule has 0 fully saturated rings. The second kappa shape index (κ2) is 7.70. The molecule has 0 aromatic heterocycles. The molecule has 2 aromatic rings. The van der Waals surface area contributed by atoms with Gasteiger partial charge in [0, 0.05) is 23.5 Å². The van der Waals surface area contributed by atoms with Gasteiger partial charge in [-0.25, -0.2) is 0 Å². The van der Waals surface area contributed by atoms with E-state index in [9.17, 15) is 9.59 Å². The number of benzene rings is 2. The van der Waals surface area contributed by atoms with E-state index in [1.165, 1.54) is 0 Å². The van der Waals surface area contributed by atoms with Gasteiger partial charge in [0.25, 0.3) is 5.91 Å². The van der Waals surface area contributed by atoms with Crippen molar-refractivity contribution in [2.45, 2.75) is 19.3 Å². The van der Waals surface area contributed by atoms with Gasteiger partial charge in [0.2, 0.25) is 5.91 Å². The second-order valence-electron chi connectivity index (χ2n) is 5.91. The van der Waals surface area contributed by atoms with Gasteiger partial charge in [-0.05, 0) is 54.8 Å². The minimum Gasteiger partial charge on any atom is -0.493 e. The summed E-state index contributed by atoms with van der Waals surface area (Å²) < 4.78 is 5.41. The molecule has 2 amide bonds. The van der Waals surface area contributed by atoms with E-state index in [2.05, 4.69) is 10.6 Å². The zero-order chi connectivity index (χ0) is 17.6. The third kappa shape index (κ3) is 4.29. The van der Waals surface area contributed by atoms with Crippen LogP contribution in [0.2, 0.25) is 0 Å². The van der Waals surface area contributed by atoms with Crippen LogP contribution in [0, 0.1) is 0 Å². The Labute approximate surface area is 146 Å². The quantitative estimate of drug-likeness (QED) is 0.754. The number of carbonyl (C=O) groups excluding carboxylic acids is 2. The second-order valence-corrected chi connectivity index (χ2v) is 5.91. The van der Waals surface area contributed by atoms with Gasteiger partial charge in [-0.15, -0.1) is 0 Å². The molecule has 3 rings (SSSR count). The lowest BCUT2D eigenvalue weighted by atomic mass is 9.97. The average molecular weight is 339 g/mol. The molecule has 2 aromatic carbocycles. The van der Waals surface area contributed by atoms with Crippen LogP contribution < -0.4 is 21.1 Å². The van der Waals surface area contributed by atoms with Gasteiger partial charge in [-0.1, -0.05) is 6.07 Å². The van der Waals surface area contributed by atoms with E-state index in [1.807, 2.05) is 18.2 Å². The SMILES string of the molecule is NC(=O)CCOc1ccc(NC(=O)c2cccc3c2CCCN3)cc1. The molecule has 25 heavy (non-hydrogen) atoms. The number of primary amides is 1. The Morgan fingerprint density at radius 1 is 1.16 bits per heavy atom. The predicted molar refractivity (Wildman–Crippen MR) is 97.0 cm³/mol. The molecule has 0 spiro atoms. The van der Waals surface area contributed by atoms with Crippen molar-refractivity contribution in [3.05, 3.63) is 53.6 Å². The molecule has 0 saturated heterocycles. The van der Waals surface area contributed by atoms with Crippen LogP contribution in [0.15, 0.2) is 42.5 Å². The first-order chi connectivity index (χ1) is 12.1. The van der Waals surface area contributed by atoms with Crippen LogP contribution in [0.1, 0.15) is 28.8 Å². The number of ether oxygens (including phenoxy) is 1. The number of fused-ring (bicyclic) bond motifs is 1. The Morgan fingerprint density at radius 3 is 2.72 bits per heavy atom. The summed E-state index contributed by atoms with van der Waals surface area (Å²) in [6.45, 7) is 1.18. The molecule has 0 unspecified atom stereocenters. The minimum atomic E-state index is -0.399. The maximum Gasteiger partial charge on any atom is 0.256 e. The van der Waals surface area contributed by atoms with E-state index in [4.69, 9.17) is 10.5 Å². The zero-order valence-corrected chi connectivity index (χ0v) is 13.9. The van der Waals surface area contributed by atoms with Crippen molar-refractivity contribution in [3.63, 3.8) is 0 Å². The normalized spacial score (nSPS) is 12.6. The molecule has 1 heterocycles. The Kier molecular flexibility index (Phi) is 5.18. The van der Waals surface area contributed by atoms with Crippen LogP contribution in [0.3, 0.4) is 0 Å². The molecule has 6 heteroatoms. The molecule has 1 aliphatic heterocycles. The maximum atomic E-state index is 12.6. The Balaban J connectivity index is 1.64. The Morgan fingerprint density at radius 2 is 1.96 bits per heavy atom. The van der Waals surface area contributed by atoms with Gasteiger partial charge in [0.05, 0.1) is 13.0 Å². The summed E-state index contributed by atoms with van der Waals surface area (Å²) >= 11 is 0. The molecule has 0 bridgehead atoms. The summed E-state index contributed by atoms with van der Waals surface area (Å²) in [6.07, 6.45) is 2.10. The van der Waals surface area contributed by atoms with Crippen molar-refractivity contribution in [2.24, 2.45) is 5.73 Å². The number of nitrogens with two attached hydrogens (primary N) is 1. The van der Waals surface area contributed by atoms with Crippen molar-refractivity contribution in [1.82, 2.24) is 0 Å². The fraction of sp³-hybridized carbons (Fsp3) is 0.263. The lowest BCUT2D eigenvalue weighted by molar-refractivity contribution is -0.118. The highest BCUT2D eigenvalue weighted by Gasteiger charge is 2.17. The first kappa shape index (κ1) is 16.8. The molecule has 0 saturated carbocycles. The first-order valence-electron chi connectivity index (χ1n) is 8.32. The standard InChI is InChI=1S/C19H21N3O3/c20-18(23)10-12-25-14-8-6-13(7-9-14)22-19(24)16-3-1-5-17-15(16)4-2-11-21-17/h1,3,5-9,21H,2,4,10-12H2,(H2,20,23)(H,22,24). The molecule has 0 atom stereocenters. The Hall–Kier alpha value is -3.02. The van der Waals surface area contributed by atoms with Gasteiger partial charge in [0.15, 0.2) is 0 Å². The van der Waals surface area contributed by atoms with Crippen molar-refractivity contribution in [1.29, 1.82) is 0 Å². The van der Waals surface area contributed by atoms with E-state index < -0.39 is 5.91 Å². The minimum absolute atomic E-state index is 0.122. The zero-order valence-electron chi connectivity index (χ0n) is 13.9. The summed E-state index contributed by atoms with van der Waals surface area (Å²) in [6, 6.07) is 12.8. The number of hydrogen-bond donors (Lipinski definition) is 3. The molecule has 0 radical (unpaired) electrons. The fourth-order valence-corrected chi connectivity index (χ4v) is 2.83. The van der Waals surface area contributed by atoms with E-state index >= 15 is 0 Å². The summed E-state index contributed by atoms with van der Waals surface area (Å²) in [5.74, 6) is 0.105. The molecular formula is C19H21N3O3. The third-order valence-corrected chi connectivity index (χ3v) is 4.07.